The molecule has 0 saturated heterocycles. The number of ether oxygens (including phenoxy) is 1. The number of aromatic nitrogens is 2. The number of fused-ring (bicyclic) bond motifs is 3. The van der Waals surface area contributed by atoms with Crippen LogP contribution in [-0.2, 0) is 0 Å². The quantitative estimate of drug-likeness (QED) is 0.457. The van der Waals surface area contributed by atoms with E-state index >= 15 is 0 Å². The van der Waals surface area contributed by atoms with Gasteiger partial charge in [-0.2, -0.15) is 0 Å². The summed E-state index contributed by atoms with van der Waals surface area (Å²) in [5.74, 6) is -0.0692. The highest BCUT2D eigenvalue weighted by Gasteiger charge is 2.24. The Morgan fingerprint density at radius 1 is 1.07 bits per heavy atom. The molecule has 30 heavy (non-hydrogen) atoms. The van der Waals surface area contributed by atoms with Crippen LogP contribution in [0.15, 0.2) is 69.9 Å². The van der Waals surface area contributed by atoms with Crippen molar-refractivity contribution in [1.29, 1.82) is 0 Å². The van der Waals surface area contributed by atoms with Crippen molar-refractivity contribution in [2.45, 2.75) is 0 Å². The molecule has 8 heteroatoms. The van der Waals surface area contributed by atoms with Crippen molar-refractivity contribution in [3.8, 4) is 17.0 Å². The maximum absolute atomic E-state index is 13.1. The van der Waals surface area contributed by atoms with E-state index in [0.29, 0.717) is 28.3 Å². The maximum atomic E-state index is 13.1. The monoisotopic (exact) mass is 400 g/mol. The summed E-state index contributed by atoms with van der Waals surface area (Å²) in [5.41, 5.74) is 8.83. The summed E-state index contributed by atoms with van der Waals surface area (Å²) in [4.78, 5) is 17.0. The van der Waals surface area contributed by atoms with Crippen LogP contribution in [0.4, 0.5) is 11.6 Å². The van der Waals surface area contributed by atoms with Gasteiger partial charge in [0.25, 0.3) is 5.91 Å². The van der Waals surface area contributed by atoms with Crippen molar-refractivity contribution < 1.29 is 18.5 Å². The number of hydrogen-bond acceptors (Lipinski definition) is 7. The Kier molecular flexibility index (Phi) is 4.10. The number of methoxy groups -OCH3 is 1. The van der Waals surface area contributed by atoms with Crippen LogP contribution in [0.3, 0.4) is 0 Å². The number of benzene rings is 2. The molecule has 0 bridgehead atoms. The van der Waals surface area contributed by atoms with Crippen molar-refractivity contribution in [2.75, 3.05) is 18.2 Å². The molecule has 0 aliphatic rings. The third-order valence-corrected chi connectivity index (χ3v) is 4.85. The summed E-state index contributed by atoms with van der Waals surface area (Å²) >= 11 is 0. The van der Waals surface area contributed by atoms with Gasteiger partial charge in [0.1, 0.15) is 28.2 Å². The SMILES string of the molecule is COc1cc2c(cc1NC(=O)c1c(-c3ccncc3)noc1N)oc1ccccc12. The Morgan fingerprint density at radius 3 is 2.67 bits per heavy atom. The first-order valence-corrected chi connectivity index (χ1v) is 9.12. The zero-order valence-corrected chi connectivity index (χ0v) is 15.9. The van der Waals surface area contributed by atoms with Gasteiger partial charge in [-0.15, -0.1) is 0 Å². The number of carbonyl (C=O) groups excluding carboxylic acids is 1. The summed E-state index contributed by atoms with van der Waals surface area (Å²) in [6.45, 7) is 0. The Labute approximate surface area is 170 Å². The normalized spacial score (nSPS) is 11.1. The van der Waals surface area contributed by atoms with E-state index in [4.69, 9.17) is 19.4 Å². The molecule has 2 aromatic carbocycles. The van der Waals surface area contributed by atoms with Crippen LogP contribution in [0.25, 0.3) is 33.2 Å². The zero-order chi connectivity index (χ0) is 20.7. The number of hydrogen-bond donors (Lipinski definition) is 2. The van der Waals surface area contributed by atoms with E-state index in [1.165, 1.54) is 7.11 Å². The number of para-hydroxylation sites is 1. The predicted molar refractivity (Wildman–Crippen MR) is 112 cm³/mol. The van der Waals surface area contributed by atoms with Gasteiger partial charge in [0, 0.05) is 34.8 Å². The molecule has 148 valence electrons. The summed E-state index contributed by atoms with van der Waals surface area (Å²) < 4.78 is 16.5. The van der Waals surface area contributed by atoms with E-state index in [9.17, 15) is 4.79 Å². The van der Waals surface area contributed by atoms with Crippen molar-refractivity contribution in [2.24, 2.45) is 0 Å². The third kappa shape index (κ3) is 2.82. The van der Waals surface area contributed by atoms with Crippen LogP contribution in [0.1, 0.15) is 10.4 Å². The van der Waals surface area contributed by atoms with E-state index in [0.717, 1.165) is 16.4 Å². The Balaban J connectivity index is 1.57. The largest absolute Gasteiger partial charge is 0.495 e. The second kappa shape index (κ2) is 6.93. The summed E-state index contributed by atoms with van der Waals surface area (Å²) in [5, 5.41) is 8.62. The van der Waals surface area contributed by atoms with Crippen molar-refractivity contribution >= 4 is 39.4 Å². The fourth-order valence-electron chi connectivity index (χ4n) is 3.43. The molecule has 0 atom stereocenters. The summed E-state index contributed by atoms with van der Waals surface area (Å²) in [6, 6.07) is 14.7. The van der Waals surface area contributed by atoms with Gasteiger partial charge in [-0.3, -0.25) is 9.78 Å². The predicted octanol–water partition coefficient (Wildman–Crippen LogP) is 4.48. The fraction of sp³-hybridized carbons (Fsp3) is 0.0455. The van der Waals surface area contributed by atoms with Crippen LogP contribution < -0.4 is 15.8 Å². The van der Waals surface area contributed by atoms with Crippen LogP contribution in [-0.4, -0.2) is 23.2 Å². The van der Waals surface area contributed by atoms with Crippen LogP contribution in [0, 0.1) is 0 Å². The number of carbonyl (C=O) groups is 1. The zero-order valence-electron chi connectivity index (χ0n) is 15.9. The average Bonchev–Trinajstić information content (AvgIpc) is 3.33. The lowest BCUT2D eigenvalue weighted by Gasteiger charge is -2.10. The molecule has 0 radical (unpaired) electrons. The number of nitrogens with two attached hydrogens (primary N) is 1. The van der Waals surface area contributed by atoms with E-state index < -0.39 is 5.91 Å². The highest BCUT2D eigenvalue weighted by atomic mass is 16.5. The van der Waals surface area contributed by atoms with Crippen LogP contribution in [0.2, 0.25) is 0 Å². The Morgan fingerprint density at radius 2 is 1.87 bits per heavy atom. The molecule has 0 spiro atoms. The molecule has 0 aliphatic heterocycles. The molecular weight excluding hydrogens is 384 g/mol. The highest BCUT2D eigenvalue weighted by Crippen LogP contribution is 2.37. The van der Waals surface area contributed by atoms with Gasteiger partial charge in [0.05, 0.1) is 12.8 Å². The number of pyridine rings is 1. The standard InChI is InChI=1S/C22H16N4O4/c1-28-18-10-14-13-4-2-3-5-16(13)29-17(14)11-15(18)25-22(27)19-20(26-30-21(19)23)12-6-8-24-9-7-12/h2-11H,23H2,1H3,(H,25,27). The van der Waals surface area contributed by atoms with Gasteiger partial charge in [0.2, 0.25) is 5.88 Å². The van der Waals surface area contributed by atoms with Crippen molar-refractivity contribution in [3.63, 3.8) is 0 Å². The fourth-order valence-corrected chi connectivity index (χ4v) is 3.43. The first kappa shape index (κ1) is 17.7. The van der Waals surface area contributed by atoms with Crippen LogP contribution in [0.5, 0.6) is 5.75 Å². The molecular formula is C22H16N4O4. The number of nitrogens with one attached hydrogen (secondary N) is 1. The number of nitrogen functional groups attached to an aromatic ring is 1. The molecule has 5 aromatic rings. The highest BCUT2D eigenvalue weighted by molar-refractivity contribution is 6.13. The van der Waals surface area contributed by atoms with Gasteiger partial charge in [-0.1, -0.05) is 23.4 Å². The molecule has 5 rings (SSSR count). The number of amides is 1. The molecule has 0 unspecified atom stereocenters. The van der Waals surface area contributed by atoms with Crippen molar-refractivity contribution in [1.82, 2.24) is 10.1 Å². The first-order chi connectivity index (χ1) is 14.7. The van der Waals surface area contributed by atoms with Gasteiger partial charge in [-0.05, 0) is 24.3 Å². The first-order valence-electron chi connectivity index (χ1n) is 9.12. The summed E-state index contributed by atoms with van der Waals surface area (Å²) in [6.07, 6.45) is 3.20. The summed E-state index contributed by atoms with van der Waals surface area (Å²) in [7, 11) is 1.54. The minimum atomic E-state index is -0.477. The molecule has 1 amide bonds. The lowest BCUT2D eigenvalue weighted by molar-refractivity contribution is 0.102. The average molecular weight is 400 g/mol. The van der Waals surface area contributed by atoms with E-state index in [-0.39, 0.29) is 11.4 Å². The third-order valence-electron chi connectivity index (χ3n) is 4.85. The molecule has 0 saturated carbocycles. The van der Waals surface area contributed by atoms with E-state index in [2.05, 4.69) is 15.5 Å². The minimum Gasteiger partial charge on any atom is -0.495 e. The number of rotatable bonds is 4. The van der Waals surface area contributed by atoms with Gasteiger partial charge in [0.15, 0.2) is 0 Å². The number of furan rings is 1. The minimum absolute atomic E-state index is 0.0805. The smallest absolute Gasteiger partial charge is 0.263 e. The molecule has 3 heterocycles. The van der Waals surface area contributed by atoms with Crippen molar-refractivity contribution in [3.05, 3.63) is 66.5 Å². The molecule has 3 aromatic heterocycles. The molecule has 0 fully saturated rings. The second-order valence-electron chi connectivity index (χ2n) is 6.61. The molecule has 3 N–H and O–H groups in total. The maximum Gasteiger partial charge on any atom is 0.263 e. The number of anilines is 2. The Hall–Kier alpha value is -4.33. The van der Waals surface area contributed by atoms with Crippen LogP contribution >= 0.6 is 0 Å². The molecule has 8 nitrogen and oxygen atoms in total. The van der Waals surface area contributed by atoms with Gasteiger partial charge in [-0.25, -0.2) is 0 Å². The topological polar surface area (TPSA) is 116 Å². The van der Waals surface area contributed by atoms with Gasteiger partial charge < -0.3 is 24.7 Å². The number of nitrogens with zero attached hydrogens (tertiary/aromatic N) is 2. The van der Waals surface area contributed by atoms with E-state index in [1.807, 2.05) is 30.3 Å². The van der Waals surface area contributed by atoms with E-state index in [1.54, 1.807) is 30.6 Å². The Bertz CT molecular complexity index is 1390. The van der Waals surface area contributed by atoms with Gasteiger partial charge >= 0.3 is 0 Å². The second-order valence-corrected chi connectivity index (χ2v) is 6.61. The lowest BCUT2D eigenvalue weighted by atomic mass is 10.1. The lowest BCUT2D eigenvalue weighted by Crippen LogP contribution is -2.14. The molecule has 0 aliphatic carbocycles.